The third-order valence-corrected chi connectivity index (χ3v) is 7.19. The molecule has 0 aliphatic heterocycles. The van der Waals surface area contributed by atoms with Crippen LogP contribution in [0.25, 0.3) is 21.8 Å². The van der Waals surface area contributed by atoms with Crippen LogP contribution in [0.15, 0.2) is 60.9 Å². The SMILES string of the molecule is CC(C)CCOc1cc(C(=O)C[n+]2cn(CCC(C)C)c3ccccc32)c(OCCC(C)C)c2ccccc12.[Br-]. The molecule has 0 spiro atoms. The number of nitrogens with zero attached hydrogens (tertiary/aromatic N) is 2. The number of ether oxygens (including phenoxy) is 2. The lowest BCUT2D eigenvalue weighted by atomic mass is 10.0. The first-order valence-corrected chi connectivity index (χ1v) is 14.6. The molecule has 4 aromatic rings. The van der Waals surface area contributed by atoms with Crippen LogP contribution in [0, 0.1) is 17.8 Å². The highest BCUT2D eigenvalue weighted by molar-refractivity contribution is 6.06. The molecule has 1 heterocycles. The lowest BCUT2D eigenvalue weighted by Gasteiger charge is -2.18. The minimum atomic E-state index is 0. The van der Waals surface area contributed by atoms with Gasteiger partial charge < -0.3 is 26.5 Å². The maximum atomic E-state index is 14.1. The van der Waals surface area contributed by atoms with Gasteiger partial charge in [-0.1, -0.05) is 77.9 Å². The number of hydrogen-bond acceptors (Lipinski definition) is 3. The van der Waals surface area contributed by atoms with Gasteiger partial charge in [-0.25, -0.2) is 9.13 Å². The molecule has 40 heavy (non-hydrogen) atoms. The van der Waals surface area contributed by atoms with Crippen LogP contribution in [0.1, 0.15) is 71.2 Å². The van der Waals surface area contributed by atoms with Gasteiger partial charge in [0.15, 0.2) is 17.6 Å². The van der Waals surface area contributed by atoms with E-state index in [0.29, 0.717) is 42.3 Å². The first-order chi connectivity index (χ1) is 18.7. The van der Waals surface area contributed by atoms with Crippen molar-refractivity contribution in [2.45, 2.75) is 73.9 Å². The second-order valence-electron chi connectivity index (χ2n) is 11.9. The molecule has 0 bridgehead atoms. The fourth-order valence-electron chi connectivity index (χ4n) is 4.78. The molecule has 0 saturated carbocycles. The van der Waals surface area contributed by atoms with Crippen LogP contribution in [0.5, 0.6) is 11.5 Å². The van der Waals surface area contributed by atoms with E-state index in [9.17, 15) is 4.79 Å². The Morgan fingerprint density at radius 3 is 2.08 bits per heavy atom. The van der Waals surface area contributed by atoms with Crippen molar-refractivity contribution < 1.29 is 35.8 Å². The maximum Gasteiger partial charge on any atom is 0.245 e. The van der Waals surface area contributed by atoms with Crippen molar-refractivity contribution >= 4 is 27.6 Å². The number of rotatable bonds is 14. The average Bonchev–Trinajstić information content (AvgIpc) is 3.25. The number of Topliss-reactive ketones (excluding diaryl/α,β-unsaturated/α-hetero) is 1. The summed E-state index contributed by atoms with van der Waals surface area (Å²) in [4.78, 5) is 14.1. The summed E-state index contributed by atoms with van der Waals surface area (Å²) in [5.41, 5.74) is 2.80. The summed E-state index contributed by atoms with van der Waals surface area (Å²) in [6.07, 6.45) is 5.05. The van der Waals surface area contributed by atoms with E-state index in [0.717, 1.165) is 53.4 Å². The van der Waals surface area contributed by atoms with Crippen molar-refractivity contribution in [3.63, 3.8) is 0 Å². The van der Waals surface area contributed by atoms with Crippen LogP contribution in [0.2, 0.25) is 0 Å². The molecule has 5 nitrogen and oxygen atoms in total. The maximum absolute atomic E-state index is 14.1. The summed E-state index contributed by atoms with van der Waals surface area (Å²) in [6.45, 7) is 15.6. The third kappa shape index (κ3) is 7.87. The van der Waals surface area contributed by atoms with E-state index < -0.39 is 0 Å². The summed E-state index contributed by atoms with van der Waals surface area (Å²) in [5, 5.41) is 1.91. The van der Waals surface area contributed by atoms with Gasteiger partial charge in [0, 0.05) is 10.8 Å². The van der Waals surface area contributed by atoms with Gasteiger partial charge in [0.05, 0.1) is 25.3 Å². The smallest absolute Gasteiger partial charge is 0.245 e. The Hall–Kier alpha value is -2.86. The molecule has 6 heteroatoms. The van der Waals surface area contributed by atoms with Crippen LogP contribution in [-0.2, 0) is 13.1 Å². The quantitative estimate of drug-likeness (QED) is 0.152. The number of halogens is 1. The monoisotopic (exact) mass is 608 g/mol. The van der Waals surface area contributed by atoms with Gasteiger partial charge in [-0.2, -0.15) is 0 Å². The zero-order valence-corrected chi connectivity index (χ0v) is 26.5. The molecule has 0 unspecified atom stereocenters. The van der Waals surface area contributed by atoms with Gasteiger partial charge in [-0.3, -0.25) is 4.79 Å². The Morgan fingerprint density at radius 2 is 1.40 bits per heavy atom. The van der Waals surface area contributed by atoms with Gasteiger partial charge in [0.25, 0.3) is 0 Å². The first kappa shape index (κ1) is 31.7. The number of hydrogen-bond donors (Lipinski definition) is 0. The van der Waals surface area contributed by atoms with Gasteiger partial charge in [0.2, 0.25) is 12.1 Å². The van der Waals surface area contributed by atoms with Gasteiger partial charge in [-0.15, -0.1) is 0 Å². The summed E-state index contributed by atoms with van der Waals surface area (Å²) in [7, 11) is 0. The molecule has 0 aliphatic rings. The van der Waals surface area contributed by atoms with E-state index >= 15 is 0 Å². The van der Waals surface area contributed by atoms with Crippen LogP contribution in [0.4, 0.5) is 0 Å². The summed E-state index contributed by atoms with van der Waals surface area (Å²) in [5.74, 6) is 3.10. The van der Waals surface area contributed by atoms with E-state index in [4.69, 9.17) is 9.47 Å². The predicted octanol–water partition coefficient (Wildman–Crippen LogP) is 4.86. The van der Waals surface area contributed by atoms with E-state index in [2.05, 4.69) is 81.3 Å². The summed E-state index contributed by atoms with van der Waals surface area (Å²) in [6, 6.07) is 18.3. The average molecular weight is 610 g/mol. The zero-order valence-electron chi connectivity index (χ0n) is 25.0. The minimum absolute atomic E-state index is 0. The highest BCUT2D eigenvalue weighted by Crippen LogP contribution is 2.37. The third-order valence-electron chi connectivity index (χ3n) is 7.19. The number of carbonyl (C=O) groups is 1. The Balaban J connectivity index is 0.00000441. The zero-order chi connectivity index (χ0) is 27.9. The molecule has 0 atom stereocenters. The van der Waals surface area contributed by atoms with Crippen molar-refractivity contribution in [1.29, 1.82) is 0 Å². The van der Waals surface area contributed by atoms with Crippen molar-refractivity contribution in [1.82, 2.24) is 4.57 Å². The standard InChI is InChI=1S/C34H45N2O3.BrH/c1-24(2)15-18-35-23-36(31-14-10-9-13-30(31)35)22-32(37)29-21-33(38-19-16-25(3)4)27-11-7-8-12-28(27)34(29)39-20-17-26(5)6;/h7-14,21,23-26H,15-20,22H2,1-6H3;1H/q+1;/p-1. The van der Waals surface area contributed by atoms with Crippen molar-refractivity contribution in [2.75, 3.05) is 13.2 Å². The van der Waals surface area contributed by atoms with Crippen LogP contribution in [-0.4, -0.2) is 23.6 Å². The lowest BCUT2D eigenvalue weighted by Crippen LogP contribution is -3.00. The predicted molar refractivity (Wildman–Crippen MR) is 160 cm³/mol. The van der Waals surface area contributed by atoms with Gasteiger partial charge in [0.1, 0.15) is 11.5 Å². The summed E-state index contributed by atoms with van der Waals surface area (Å²) < 4.78 is 17.0. The molecular weight excluding hydrogens is 564 g/mol. The van der Waals surface area contributed by atoms with Crippen molar-refractivity contribution in [3.05, 3.63) is 66.5 Å². The number of para-hydroxylation sites is 2. The van der Waals surface area contributed by atoms with Crippen LogP contribution >= 0.6 is 0 Å². The molecule has 0 fully saturated rings. The largest absolute Gasteiger partial charge is 1.00 e. The first-order valence-electron chi connectivity index (χ1n) is 14.6. The van der Waals surface area contributed by atoms with E-state index in [-0.39, 0.29) is 29.3 Å². The van der Waals surface area contributed by atoms with E-state index in [1.807, 2.05) is 30.3 Å². The van der Waals surface area contributed by atoms with Gasteiger partial charge >= 0.3 is 0 Å². The molecule has 0 radical (unpaired) electrons. The van der Waals surface area contributed by atoms with E-state index in [1.165, 1.54) is 0 Å². The number of benzene rings is 3. The minimum Gasteiger partial charge on any atom is -1.00 e. The fourth-order valence-corrected chi connectivity index (χ4v) is 4.78. The Kier molecular flexibility index (Phi) is 11.6. The van der Waals surface area contributed by atoms with Crippen LogP contribution in [0.3, 0.4) is 0 Å². The normalized spacial score (nSPS) is 11.5. The Morgan fingerprint density at radius 1 is 0.800 bits per heavy atom. The molecule has 1 aromatic heterocycles. The Bertz CT molecular complexity index is 1410. The number of carbonyl (C=O) groups excluding carboxylic acids is 1. The number of imidazole rings is 1. The topological polar surface area (TPSA) is 44.3 Å². The van der Waals surface area contributed by atoms with E-state index in [1.54, 1.807) is 0 Å². The van der Waals surface area contributed by atoms with Crippen molar-refractivity contribution in [3.8, 4) is 11.5 Å². The second kappa shape index (κ2) is 14.7. The van der Waals surface area contributed by atoms with Gasteiger partial charge in [-0.05, 0) is 55.2 Å². The molecular formula is C34H45BrN2O3. The lowest BCUT2D eigenvalue weighted by molar-refractivity contribution is -0.658. The number of fused-ring (bicyclic) bond motifs is 2. The second-order valence-corrected chi connectivity index (χ2v) is 11.9. The number of aryl methyl sites for hydroxylation is 1. The Labute approximate surface area is 250 Å². The molecule has 0 amide bonds. The highest BCUT2D eigenvalue weighted by atomic mass is 79.9. The molecule has 0 N–H and O–H groups in total. The highest BCUT2D eigenvalue weighted by Gasteiger charge is 2.24. The number of ketones is 1. The summed E-state index contributed by atoms with van der Waals surface area (Å²) >= 11 is 0. The van der Waals surface area contributed by atoms with Crippen LogP contribution < -0.4 is 31.0 Å². The molecule has 4 rings (SSSR count). The fraction of sp³-hybridized carbons (Fsp3) is 0.471. The van der Waals surface area contributed by atoms with Crippen molar-refractivity contribution in [2.24, 2.45) is 17.8 Å². The molecule has 216 valence electrons. The number of aromatic nitrogens is 2. The molecule has 3 aromatic carbocycles. The molecule has 0 aliphatic carbocycles. The molecule has 0 saturated heterocycles.